The fraction of sp³-hybridized carbons (Fsp3) is 1.00. The number of nitrogens with zero attached hydrogens (tertiary/aromatic N) is 1. The molecule has 0 rings (SSSR count). The van der Waals surface area contributed by atoms with Crippen molar-refractivity contribution in [2.45, 2.75) is 13.3 Å². The second-order valence-electron chi connectivity index (χ2n) is 4.02. The molecule has 6 nitrogen and oxygen atoms in total. The summed E-state index contributed by atoms with van der Waals surface area (Å²) in [4.78, 5) is 0. The molecule has 0 amide bonds. The van der Waals surface area contributed by atoms with Gasteiger partial charge in [-0.3, -0.25) is 0 Å². The number of hydrogen-bond acceptors (Lipinski definition) is 5. The van der Waals surface area contributed by atoms with Gasteiger partial charge in [-0.2, -0.15) is 0 Å². The fourth-order valence-electron chi connectivity index (χ4n) is 1.09. The maximum absolute atomic E-state index is 11.7. The number of sulfone groups is 1. The van der Waals surface area contributed by atoms with Crippen molar-refractivity contribution in [3.05, 3.63) is 0 Å². The predicted octanol–water partition coefficient (Wildman–Crippen LogP) is -0.708. The van der Waals surface area contributed by atoms with Gasteiger partial charge in [0, 0.05) is 26.4 Å². The van der Waals surface area contributed by atoms with Crippen molar-refractivity contribution < 1.29 is 16.8 Å². The van der Waals surface area contributed by atoms with E-state index in [-0.39, 0.29) is 18.1 Å². The molecule has 1 N–H and O–H groups in total. The first-order chi connectivity index (χ1) is 7.69. The van der Waals surface area contributed by atoms with Crippen LogP contribution >= 0.6 is 0 Å². The van der Waals surface area contributed by atoms with E-state index in [9.17, 15) is 16.8 Å². The lowest BCUT2D eigenvalue weighted by Gasteiger charge is -2.16. The van der Waals surface area contributed by atoms with Crippen molar-refractivity contribution in [1.29, 1.82) is 0 Å². The number of nitrogens with one attached hydrogen (secondary N) is 1. The molecule has 0 aromatic carbocycles. The summed E-state index contributed by atoms with van der Waals surface area (Å²) >= 11 is 0. The molecule has 0 saturated heterocycles. The molecule has 8 heteroatoms. The largest absolute Gasteiger partial charge is 0.316 e. The molecular formula is C9H22N2O4S2. The van der Waals surface area contributed by atoms with Gasteiger partial charge in [-0.15, -0.1) is 0 Å². The molecule has 0 aromatic rings. The van der Waals surface area contributed by atoms with Gasteiger partial charge in [0.1, 0.15) is 9.84 Å². The summed E-state index contributed by atoms with van der Waals surface area (Å²) in [6.45, 7) is 3.18. The van der Waals surface area contributed by atoms with Crippen LogP contribution in [-0.4, -0.2) is 65.6 Å². The third-order valence-electron chi connectivity index (χ3n) is 2.22. The zero-order chi connectivity index (χ0) is 13.5. The van der Waals surface area contributed by atoms with Crippen molar-refractivity contribution in [2.75, 3.05) is 44.4 Å². The fourth-order valence-corrected chi connectivity index (χ4v) is 2.90. The van der Waals surface area contributed by atoms with Gasteiger partial charge in [-0.25, -0.2) is 21.1 Å². The van der Waals surface area contributed by atoms with Crippen LogP contribution in [0.1, 0.15) is 13.3 Å². The van der Waals surface area contributed by atoms with E-state index in [1.165, 1.54) is 7.05 Å². The Balaban J connectivity index is 4.12. The van der Waals surface area contributed by atoms with Crippen LogP contribution in [0.25, 0.3) is 0 Å². The van der Waals surface area contributed by atoms with Crippen LogP contribution in [0.4, 0.5) is 0 Å². The summed E-state index contributed by atoms with van der Waals surface area (Å²) in [5.41, 5.74) is 0. The van der Waals surface area contributed by atoms with E-state index in [4.69, 9.17) is 0 Å². The van der Waals surface area contributed by atoms with E-state index in [2.05, 4.69) is 5.32 Å². The molecule has 0 aromatic heterocycles. The normalized spacial score (nSPS) is 13.2. The van der Waals surface area contributed by atoms with Crippen molar-refractivity contribution in [1.82, 2.24) is 9.62 Å². The summed E-state index contributed by atoms with van der Waals surface area (Å²) in [5, 5.41) is 2.99. The van der Waals surface area contributed by atoms with Gasteiger partial charge in [-0.1, -0.05) is 6.92 Å². The Morgan fingerprint density at radius 3 is 2.12 bits per heavy atom. The van der Waals surface area contributed by atoms with Crippen LogP contribution in [-0.2, 0) is 19.9 Å². The number of rotatable bonds is 9. The lowest BCUT2D eigenvalue weighted by molar-refractivity contribution is 0.482. The summed E-state index contributed by atoms with van der Waals surface area (Å²) in [5.74, 6) is -0.154. The zero-order valence-corrected chi connectivity index (χ0v) is 12.3. The minimum atomic E-state index is -3.36. The van der Waals surface area contributed by atoms with Crippen LogP contribution in [0.15, 0.2) is 0 Å². The van der Waals surface area contributed by atoms with Crippen molar-refractivity contribution in [3.8, 4) is 0 Å². The Morgan fingerprint density at radius 2 is 1.65 bits per heavy atom. The SMILES string of the molecule is CCCNCCS(=O)(=O)N(C)CCS(C)(=O)=O. The first-order valence-electron chi connectivity index (χ1n) is 5.51. The van der Waals surface area contributed by atoms with E-state index in [0.717, 1.165) is 23.5 Å². The molecule has 0 atom stereocenters. The maximum Gasteiger partial charge on any atom is 0.215 e. The van der Waals surface area contributed by atoms with Crippen LogP contribution in [0.2, 0.25) is 0 Å². The lowest BCUT2D eigenvalue weighted by Crippen LogP contribution is -2.36. The van der Waals surface area contributed by atoms with Crippen LogP contribution in [0.3, 0.4) is 0 Å². The molecule has 0 aliphatic heterocycles. The Hall–Kier alpha value is -0.180. The summed E-state index contributed by atoms with van der Waals surface area (Å²) < 4.78 is 46.4. The molecule has 0 saturated carbocycles. The molecule has 0 bridgehead atoms. The molecule has 0 fully saturated rings. The quantitative estimate of drug-likeness (QED) is 0.566. The van der Waals surface area contributed by atoms with Crippen LogP contribution < -0.4 is 5.32 Å². The van der Waals surface area contributed by atoms with Gasteiger partial charge in [0.2, 0.25) is 10.0 Å². The average Bonchev–Trinajstić information content (AvgIpc) is 2.20. The molecule has 0 heterocycles. The molecule has 0 aliphatic carbocycles. The summed E-state index contributed by atoms with van der Waals surface area (Å²) in [7, 11) is -5.08. The van der Waals surface area contributed by atoms with Crippen molar-refractivity contribution in [3.63, 3.8) is 0 Å². The molecule has 0 spiro atoms. The topological polar surface area (TPSA) is 83.6 Å². The average molecular weight is 286 g/mol. The van der Waals surface area contributed by atoms with Gasteiger partial charge < -0.3 is 5.32 Å². The summed E-state index contributed by atoms with van der Waals surface area (Å²) in [6.07, 6.45) is 2.04. The Labute approximate surface area is 104 Å². The van der Waals surface area contributed by atoms with Crippen molar-refractivity contribution >= 4 is 19.9 Å². The summed E-state index contributed by atoms with van der Waals surface area (Å²) in [6, 6.07) is 0. The van der Waals surface area contributed by atoms with Gasteiger partial charge in [0.05, 0.1) is 11.5 Å². The Morgan fingerprint density at radius 1 is 1.06 bits per heavy atom. The number of hydrogen-bond donors (Lipinski definition) is 1. The van der Waals surface area contributed by atoms with Crippen LogP contribution in [0.5, 0.6) is 0 Å². The second kappa shape index (κ2) is 7.30. The molecule has 104 valence electrons. The highest BCUT2D eigenvalue weighted by Crippen LogP contribution is 1.98. The second-order valence-corrected chi connectivity index (χ2v) is 8.47. The standard InChI is InChI=1S/C9H22N2O4S2/c1-4-5-10-6-8-17(14,15)11(2)7-9-16(3,12)13/h10H,4-9H2,1-3H3. The van der Waals surface area contributed by atoms with E-state index in [0.29, 0.717) is 6.54 Å². The monoisotopic (exact) mass is 286 g/mol. The lowest BCUT2D eigenvalue weighted by atomic mass is 10.5. The first kappa shape index (κ1) is 16.8. The van der Waals surface area contributed by atoms with E-state index in [1.807, 2.05) is 6.92 Å². The Kier molecular flexibility index (Phi) is 7.22. The molecular weight excluding hydrogens is 264 g/mol. The van der Waals surface area contributed by atoms with Crippen molar-refractivity contribution in [2.24, 2.45) is 0 Å². The predicted molar refractivity (Wildman–Crippen MR) is 69.3 cm³/mol. The highest BCUT2D eigenvalue weighted by molar-refractivity contribution is 7.91. The molecule has 17 heavy (non-hydrogen) atoms. The van der Waals surface area contributed by atoms with Gasteiger partial charge in [0.25, 0.3) is 0 Å². The van der Waals surface area contributed by atoms with E-state index >= 15 is 0 Å². The van der Waals surface area contributed by atoms with Gasteiger partial charge >= 0.3 is 0 Å². The molecule has 0 radical (unpaired) electrons. The Bertz CT molecular complexity index is 403. The van der Waals surface area contributed by atoms with E-state index < -0.39 is 19.9 Å². The molecule has 0 aliphatic rings. The third-order valence-corrected chi connectivity index (χ3v) is 4.99. The highest BCUT2D eigenvalue weighted by atomic mass is 32.2. The van der Waals surface area contributed by atoms with Crippen LogP contribution in [0, 0.1) is 0 Å². The first-order valence-corrected chi connectivity index (χ1v) is 9.18. The smallest absolute Gasteiger partial charge is 0.215 e. The highest BCUT2D eigenvalue weighted by Gasteiger charge is 2.18. The van der Waals surface area contributed by atoms with Gasteiger partial charge in [-0.05, 0) is 13.0 Å². The maximum atomic E-state index is 11.7. The zero-order valence-electron chi connectivity index (χ0n) is 10.6. The minimum Gasteiger partial charge on any atom is -0.316 e. The van der Waals surface area contributed by atoms with Gasteiger partial charge in [0.15, 0.2) is 0 Å². The van der Waals surface area contributed by atoms with E-state index in [1.54, 1.807) is 0 Å². The minimum absolute atomic E-state index is 0.00668. The third kappa shape index (κ3) is 8.53. The molecule has 0 unspecified atom stereocenters. The number of sulfonamides is 1.